The fourth-order valence-corrected chi connectivity index (χ4v) is 5.63. The minimum absolute atomic E-state index is 0.0117. The number of rotatable bonds is 12. The molecule has 0 aliphatic heterocycles. The SMILES string of the molecule is CC(C)(C)NC(=O)[C@H](Cc1ccccc1)N(Cc1ccc(Br)cc1)C(=O)CCCN(c1ccc(F)cc1)S(C)(=O)=O. The Morgan fingerprint density at radius 1 is 0.927 bits per heavy atom. The quantitative estimate of drug-likeness (QED) is 0.274. The van der Waals surface area contributed by atoms with E-state index in [1.165, 1.54) is 24.3 Å². The molecule has 3 rings (SSSR count). The summed E-state index contributed by atoms with van der Waals surface area (Å²) in [4.78, 5) is 29.1. The first-order valence-corrected chi connectivity index (χ1v) is 16.0. The van der Waals surface area contributed by atoms with Crippen LogP contribution in [0.2, 0.25) is 0 Å². The maximum atomic E-state index is 13.8. The van der Waals surface area contributed by atoms with Crippen LogP contribution in [-0.2, 0) is 32.6 Å². The fourth-order valence-electron chi connectivity index (χ4n) is 4.40. The lowest BCUT2D eigenvalue weighted by atomic mass is 10.00. The number of hydrogen-bond acceptors (Lipinski definition) is 4. The highest BCUT2D eigenvalue weighted by Crippen LogP contribution is 2.21. The van der Waals surface area contributed by atoms with Crippen molar-refractivity contribution in [2.24, 2.45) is 0 Å². The predicted molar refractivity (Wildman–Crippen MR) is 164 cm³/mol. The fraction of sp³-hybridized carbons (Fsp3) is 0.355. The van der Waals surface area contributed by atoms with Gasteiger partial charge in [0.2, 0.25) is 21.8 Å². The summed E-state index contributed by atoms with van der Waals surface area (Å²) >= 11 is 3.44. The minimum Gasteiger partial charge on any atom is -0.350 e. The van der Waals surface area contributed by atoms with Gasteiger partial charge in [-0.3, -0.25) is 13.9 Å². The van der Waals surface area contributed by atoms with Crippen molar-refractivity contribution >= 4 is 43.5 Å². The number of nitrogens with one attached hydrogen (secondary N) is 1. The third-order valence-corrected chi connectivity index (χ3v) is 8.02. The summed E-state index contributed by atoms with van der Waals surface area (Å²) in [5.74, 6) is -1.01. The van der Waals surface area contributed by atoms with E-state index in [9.17, 15) is 22.4 Å². The van der Waals surface area contributed by atoms with E-state index >= 15 is 0 Å². The number of hydrogen-bond donors (Lipinski definition) is 1. The normalized spacial score (nSPS) is 12.4. The Kier molecular flexibility index (Phi) is 11.1. The topological polar surface area (TPSA) is 86.8 Å². The lowest BCUT2D eigenvalue weighted by Crippen LogP contribution is -2.54. The first-order chi connectivity index (χ1) is 19.2. The van der Waals surface area contributed by atoms with Gasteiger partial charge in [0.1, 0.15) is 11.9 Å². The molecule has 0 unspecified atom stereocenters. The molecule has 0 bridgehead atoms. The molecule has 0 aromatic heterocycles. The van der Waals surface area contributed by atoms with Crippen LogP contribution in [0.1, 0.15) is 44.7 Å². The lowest BCUT2D eigenvalue weighted by molar-refractivity contribution is -0.142. The summed E-state index contributed by atoms with van der Waals surface area (Å²) in [5, 5.41) is 3.03. The Morgan fingerprint density at radius 2 is 1.54 bits per heavy atom. The summed E-state index contributed by atoms with van der Waals surface area (Å²) in [6, 6.07) is 21.5. The molecule has 7 nitrogen and oxygen atoms in total. The maximum absolute atomic E-state index is 13.8. The Hall–Kier alpha value is -3.24. The molecule has 3 aromatic carbocycles. The van der Waals surface area contributed by atoms with E-state index in [0.717, 1.165) is 26.2 Å². The molecular weight excluding hydrogens is 609 g/mol. The molecule has 1 N–H and O–H groups in total. The first kappa shape index (κ1) is 32.3. The molecule has 220 valence electrons. The van der Waals surface area contributed by atoms with Crippen molar-refractivity contribution in [2.45, 2.75) is 58.2 Å². The van der Waals surface area contributed by atoms with Crippen LogP contribution in [0.4, 0.5) is 10.1 Å². The second-order valence-corrected chi connectivity index (χ2v) is 13.8. The number of amides is 2. The molecule has 0 fully saturated rings. The molecule has 0 aliphatic rings. The molecule has 0 radical (unpaired) electrons. The van der Waals surface area contributed by atoms with E-state index in [4.69, 9.17) is 0 Å². The van der Waals surface area contributed by atoms with E-state index < -0.39 is 27.4 Å². The zero-order valence-corrected chi connectivity index (χ0v) is 26.2. The monoisotopic (exact) mass is 645 g/mol. The summed E-state index contributed by atoms with van der Waals surface area (Å²) in [5.41, 5.74) is 1.57. The maximum Gasteiger partial charge on any atom is 0.243 e. The van der Waals surface area contributed by atoms with Gasteiger partial charge in [-0.15, -0.1) is 0 Å². The van der Waals surface area contributed by atoms with E-state index in [1.54, 1.807) is 4.90 Å². The van der Waals surface area contributed by atoms with E-state index in [2.05, 4.69) is 21.2 Å². The second kappa shape index (κ2) is 14.1. The minimum atomic E-state index is -3.68. The van der Waals surface area contributed by atoms with Gasteiger partial charge in [-0.1, -0.05) is 58.4 Å². The number of benzene rings is 3. The van der Waals surface area contributed by atoms with Crippen LogP contribution < -0.4 is 9.62 Å². The highest BCUT2D eigenvalue weighted by molar-refractivity contribution is 9.10. The second-order valence-electron chi connectivity index (χ2n) is 11.0. The van der Waals surface area contributed by atoms with Gasteiger partial charge in [0.05, 0.1) is 11.9 Å². The molecule has 0 saturated heterocycles. The molecule has 0 aliphatic carbocycles. The van der Waals surface area contributed by atoms with Crippen molar-refractivity contribution in [1.82, 2.24) is 10.2 Å². The highest BCUT2D eigenvalue weighted by Gasteiger charge is 2.32. The van der Waals surface area contributed by atoms with Gasteiger partial charge in [0.15, 0.2) is 0 Å². The average Bonchev–Trinajstić information content (AvgIpc) is 2.89. The summed E-state index contributed by atoms with van der Waals surface area (Å²) < 4.78 is 40.5. The van der Waals surface area contributed by atoms with Crippen LogP contribution in [0.15, 0.2) is 83.3 Å². The molecule has 1 atom stereocenters. The summed E-state index contributed by atoms with van der Waals surface area (Å²) in [6.07, 6.45) is 1.61. The molecule has 10 heteroatoms. The highest BCUT2D eigenvalue weighted by atomic mass is 79.9. The van der Waals surface area contributed by atoms with Crippen LogP contribution in [-0.4, -0.2) is 49.5 Å². The van der Waals surface area contributed by atoms with Crippen LogP contribution in [0, 0.1) is 5.82 Å². The lowest BCUT2D eigenvalue weighted by Gasteiger charge is -2.34. The van der Waals surface area contributed by atoms with Crippen molar-refractivity contribution in [2.75, 3.05) is 17.1 Å². The predicted octanol–water partition coefficient (Wildman–Crippen LogP) is 5.69. The Bertz CT molecular complexity index is 1410. The number of carbonyl (C=O) groups is 2. The van der Waals surface area contributed by atoms with Gasteiger partial charge in [-0.2, -0.15) is 0 Å². The number of nitrogens with zero attached hydrogens (tertiary/aromatic N) is 2. The van der Waals surface area contributed by atoms with Gasteiger partial charge < -0.3 is 10.2 Å². The van der Waals surface area contributed by atoms with Crippen molar-refractivity contribution < 1.29 is 22.4 Å². The van der Waals surface area contributed by atoms with Crippen molar-refractivity contribution in [3.05, 3.63) is 100 Å². The van der Waals surface area contributed by atoms with Gasteiger partial charge in [-0.25, -0.2) is 12.8 Å². The average molecular weight is 647 g/mol. The zero-order valence-electron chi connectivity index (χ0n) is 23.8. The molecule has 41 heavy (non-hydrogen) atoms. The molecule has 0 spiro atoms. The smallest absolute Gasteiger partial charge is 0.243 e. The Morgan fingerprint density at radius 3 is 2.10 bits per heavy atom. The molecule has 0 saturated carbocycles. The standard InChI is InChI=1S/C31H37BrFN3O4S/c1-31(2,3)34-30(38)28(21-23-9-6-5-7-10-23)35(22-24-12-14-25(32)15-13-24)29(37)11-8-20-36(41(4,39)40)27-18-16-26(33)17-19-27/h5-7,9-10,12-19,28H,8,11,20-22H2,1-4H3,(H,34,38)/t28-/m0/s1. The number of sulfonamides is 1. The Balaban J connectivity index is 1.89. The molecule has 0 heterocycles. The van der Waals surface area contributed by atoms with Crippen molar-refractivity contribution in [3.8, 4) is 0 Å². The van der Waals surface area contributed by atoms with E-state index in [-0.39, 0.29) is 37.7 Å². The summed E-state index contributed by atoms with van der Waals surface area (Å²) in [6.45, 7) is 5.90. The Labute approximate surface area is 250 Å². The van der Waals surface area contributed by atoms with Gasteiger partial charge in [0.25, 0.3) is 0 Å². The molecule has 2 amide bonds. The third kappa shape index (κ3) is 10.3. The summed E-state index contributed by atoms with van der Waals surface area (Å²) in [7, 11) is -3.68. The van der Waals surface area contributed by atoms with Gasteiger partial charge in [0, 0.05) is 35.9 Å². The largest absolute Gasteiger partial charge is 0.350 e. The third-order valence-electron chi connectivity index (χ3n) is 6.30. The molecular formula is C31H37BrFN3O4S. The van der Waals surface area contributed by atoms with Gasteiger partial charge in [-0.05, 0) is 74.7 Å². The van der Waals surface area contributed by atoms with E-state index in [0.29, 0.717) is 12.1 Å². The first-order valence-electron chi connectivity index (χ1n) is 13.4. The number of anilines is 1. The number of carbonyl (C=O) groups excluding carboxylic acids is 2. The number of halogens is 2. The van der Waals surface area contributed by atoms with Crippen LogP contribution in [0.25, 0.3) is 0 Å². The zero-order chi connectivity index (χ0) is 30.2. The molecule has 3 aromatic rings. The van der Waals surface area contributed by atoms with E-state index in [1.807, 2.05) is 75.4 Å². The van der Waals surface area contributed by atoms with Crippen LogP contribution in [0.5, 0.6) is 0 Å². The van der Waals surface area contributed by atoms with Crippen LogP contribution in [0.3, 0.4) is 0 Å². The van der Waals surface area contributed by atoms with Crippen molar-refractivity contribution in [3.63, 3.8) is 0 Å². The van der Waals surface area contributed by atoms with Gasteiger partial charge >= 0.3 is 0 Å². The van der Waals surface area contributed by atoms with Crippen LogP contribution >= 0.6 is 15.9 Å². The van der Waals surface area contributed by atoms with Crippen molar-refractivity contribution in [1.29, 1.82) is 0 Å².